The van der Waals surface area contributed by atoms with E-state index in [1.807, 2.05) is 36.4 Å². The van der Waals surface area contributed by atoms with Gasteiger partial charge in [0.1, 0.15) is 0 Å². The second-order valence-corrected chi connectivity index (χ2v) is 5.29. The lowest BCUT2D eigenvalue weighted by molar-refractivity contribution is 0.665. The van der Waals surface area contributed by atoms with E-state index in [1.54, 1.807) is 0 Å². The quantitative estimate of drug-likeness (QED) is 0.292. The lowest BCUT2D eigenvalue weighted by atomic mass is 10.1. The molecular formula is C16H15N7. The van der Waals surface area contributed by atoms with Crippen LogP contribution in [0.2, 0.25) is 0 Å². The zero-order valence-corrected chi connectivity index (χ0v) is 12.7. The van der Waals surface area contributed by atoms with Gasteiger partial charge in [-0.05, 0) is 41.7 Å². The van der Waals surface area contributed by atoms with Crippen molar-refractivity contribution >= 4 is 33.2 Å². The van der Waals surface area contributed by atoms with Gasteiger partial charge in [-0.1, -0.05) is 35.7 Å². The van der Waals surface area contributed by atoms with Crippen LogP contribution in [0.4, 0.5) is 11.4 Å². The summed E-state index contributed by atoms with van der Waals surface area (Å²) in [4.78, 5) is 5.70. The first-order valence-electron chi connectivity index (χ1n) is 7.44. The Balaban J connectivity index is 2.34. The number of aromatic nitrogens is 1. The molecule has 0 N–H and O–H groups in total. The number of aryl methyl sites for hydroxylation is 1. The summed E-state index contributed by atoms with van der Waals surface area (Å²) in [7, 11) is 0. The van der Waals surface area contributed by atoms with Crippen molar-refractivity contribution in [2.45, 2.75) is 26.3 Å². The van der Waals surface area contributed by atoms with Crippen LogP contribution in [-0.2, 0) is 6.54 Å². The van der Waals surface area contributed by atoms with Gasteiger partial charge in [-0.15, -0.1) is 0 Å². The van der Waals surface area contributed by atoms with Gasteiger partial charge in [0.25, 0.3) is 0 Å². The van der Waals surface area contributed by atoms with Crippen LogP contribution >= 0.6 is 0 Å². The Morgan fingerprint density at radius 3 is 1.87 bits per heavy atom. The molecule has 0 amide bonds. The SMILES string of the molecule is CCCCn1c2ccc(N=[N+]=[N-])cc2c2cc(N=[N+]=[N-])ccc21. The van der Waals surface area contributed by atoms with Gasteiger partial charge >= 0.3 is 0 Å². The number of azide groups is 2. The second-order valence-electron chi connectivity index (χ2n) is 5.29. The highest BCUT2D eigenvalue weighted by atomic mass is 15.1. The normalized spacial score (nSPS) is 10.5. The van der Waals surface area contributed by atoms with E-state index in [2.05, 4.69) is 31.5 Å². The maximum atomic E-state index is 8.64. The molecule has 0 atom stereocenters. The maximum Gasteiger partial charge on any atom is 0.0491 e. The van der Waals surface area contributed by atoms with Gasteiger partial charge in [0, 0.05) is 49.5 Å². The smallest absolute Gasteiger partial charge is 0.0491 e. The average molecular weight is 305 g/mol. The van der Waals surface area contributed by atoms with Crippen LogP contribution in [0, 0.1) is 0 Å². The molecule has 0 unspecified atom stereocenters. The Kier molecular flexibility index (Phi) is 4.06. The van der Waals surface area contributed by atoms with E-state index in [1.165, 1.54) is 0 Å². The highest BCUT2D eigenvalue weighted by molar-refractivity contribution is 6.09. The number of rotatable bonds is 5. The molecule has 114 valence electrons. The Morgan fingerprint density at radius 2 is 1.43 bits per heavy atom. The predicted octanol–water partition coefficient (Wildman–Crippen LogP) is 6.48. The van der Waals surface area contributed by atoms with Gasteiger partial charge in [0.2, 0.25) is 0 Å². The zero-order chi connectivity index (χ0) is 16.2. The third-order valence-corrected chi connectivity index (χ3v) is 3.89. The minimum atomic E-state index is 0.573. The van der Waals surface area contributed by atoms with Gasteiger partial charge in [-0.2, -0.15) is 0 Å². The average Bonchev–Trinajstić information content (AvgIpc) is 2.86. The number of nitrogens with zero attached hydrogens (tertiary/aromatic N) is 7. The van der Waals surface area contributed by atoms with E-state index in [-0.39, 0.29) is 0 Å². The molecule has 7 nitrogen and oxygen atoms in total. The Hall–Kier alpha value is -3.14. The zero-order valence-electron chi connectivity index (χ0n) is 12.7. The molecule has 7 heteroatoms. The van der Waals surface area contributed by atoms with Crippen LogP contribution in [-0.4, -0.2) is 4.57 Å². The lowest BCUT2D eigenvalue weighted by Gasteiger charge is -2.06. The van der Waals surface area contributed by atoms with E-state index < -0.39 is 0 Å². The van der Waals surface area contributed by atoms with Crippen LogP contribution in [0.3, 0.4) is 0 Å². The van der Waals surface area contributed by atoms with Crippen molar-refractivity contribution in [3.63, 3.8) is 0 Å². The largest absolute Gasteiger partial charge is 0.340 e. The molecule has 3 rings (SSSR count). The third-order valence-electron chi connectivity index (χ3n) is 3.89. The van der Waals surface area contributed by atoms with Crippen molar-refractivity contribution in [2.75, 3.05) is 0 Å². The van der Waals surface area contributed by atoms with Crippen molar-refractivity contribution in [1.29, 1.82) is 0 Å². The molecular weight excluding hydrogens is 290 g/mol. The molecule has 1 aromatic heterocycles. The topological polar surface area (TPSA) is 102 Å². The van der Waals surface area contributed by atoms with E-state index in [4.69, 9.17) is 11.1 Å². The van der Waals surface area contributed by atoms with Crippen molar-refractivity contribution < 1.29 is 0 Å². The summed E-state index contributed by atoms with van der Waals surface area (Å²) in [5.41, 5.74) is 20.6. The van der Waals surface area contributed by atoms with Crippen molar-refractivity contribution in [3.8, 4) is 0 Å². The third kappa shape index (κ3) is 2.66. The molecule has 0 saturated carbocycles. The van der Waals surface area contributed by atoms with Gasteiger partial charge < -0.3 is 4.57 Å². The summed E-state index contributed by atoms with van der Waals surface area (Å²) in [6.07, 6.45) is 2.18. The monoisotopic (exact) mass is 305 g/mol. The van der Waals surface area contributed by atoms with Crippen LogP contribution in [0.15, 0.2) is 46.6 Å². The van der Waals surface area contributed by atoms with E-state index in [9.17, 15) is 0 Å². The second kappa shape index (κ2) is 6.32. The van der Waals surface area contributed by atoms with Gasteiger partial charge in [-0.3, -0.25) is 0 Å². The fourth-order valence-electron chi connectivity index (χ4n) is 2.86. The standard InChI is InChI=1S/C16H15N7/c1-2-3-8-23-15-6-4-11(19-21-17)9-13(15)14-10-12(20-22-18)5-7-16(14)23/h4-7,9-10H,2-3,8H2,1H3. The molecule has 1 heterocycles. The summed E-state index contributed by atoms with van der Waals surface area (Å²) in [5.74, 6) is 0. The first-order chi connectivity index (χ1) is 11.3. The molecule has 0 radical (unpaired) electrons. The van der Waals surface area contributed by atoms with Gasteiger partial charge in [0.05, 0.1) is 0 Å². The molecule has 0 saturated heterocycles. The van der Waals surface area contributed by atoms with Gasteiger partial charge in [0.15, 0.2) is 0 Å². The maximum absolute atomic E-state index is 8.64. The fraction of sp³-hybridized carbons (Fsp3) is 0.250. The summed E-state index contributed by atoms with van der Waals surface area (Å²) in [5, 5.41) is 9.36. The fourth-order valence-corrected chi connectivity index (χ4v) is 2.86. The highest BCUT2D eigenvalue weighted by Gasteiger charge is 2.11. The molecule has 0 spiro atoms. The first kappa shape index (κ1) is 14.8. The molecule has 23 heavy (non-hydrogen) atoms. The minimum Gasteiger partial charge on any atom is -0.340 e. The molecule has 0 aliphatic heterocycles. The predicted molar refractivity (Wildman–Crippen MR) is 92.0 cm³/mol. The highest BCUT2D eigenvalue weighted by Crippen LogP contribution is 2.34. The number of benzene rings is 2. The molecule has 0 fully saturated rings. The lowest BCUT2D eigenvalue weighted by Crippen LogP contribution is -1.96. The Labute approximate surface area is 132 Å². The van der Waals surface area contributed by atoms with Crippen LogP contribution < -0.4 is 0 Å². The number of hydrogen-bond acceptors (Lipinski definition) is 2. The van der Waals surface area contributed by atoms with Crippen LogP contribution in [0.1, 0.15) is 19.8 Å². The Morgan fingerprint density at radius 1 is 0.913 bits per heavy atom. The number of hydrogen-bond donors (Lipinski definition) is 0. The van der Waals surface area contributed by atoms with Crippen molar-refractivity contribution in [3.05, 3.63) is 57.3 Å². The van der Waals surface area contributed by atoms with Gasteiger partial charge in [-0.25, -0.2) is 0 Å². The summed E-state index contributed by atoms with van der Waals surface area (Å²) < 4.78 is 2.26. The Bertz CT molecular complexity index is 898. The number of unbranched alkanes of at least 4 members (excludes halogenated alkanes) is 1. The summed E-state index contributed by atoms with van der Waals surface area (Å²) >= 11 is 0. The molecule has 2 aromatic carbocycles. The van der Waals surface area contributed by atoms with Crippen molar-refractivity contribution in [1.82, 2.24) is 4.57 Å². The molecule has 0 aliphatic carbocycles. The van der Waals surface area contributed by atoms with E-state index in [0.717, 1.165) is 41.2 Å². The molecule has 0 aliphatic rings. The summed E-state index contributed by atoms with van der Waals surface area (Å²) in [6, 6.07) is 11.3. The molecule has 3 aromatic rings. The first-order valence-corrected chi connectivity index (χ1v) is 7.44. The van der Waals surface area contributed by atoms with E-state index >= 15 is 0 Å². The van der Waals surface area contributed by atoms with Crippen LogP contribution in [0.5, 0.6) is 0 Å². The van der Waals surface area contributed by atoms with Crippen LogP contribution in [0.25, 0.3) is 42.7 Å². The van der Waals surface area contributed by atoms with E-state index in [0.29, 0.717) is 11.4 Å². The minimum absolute atomic E-state index is 0.573. The molecule has 0 bridgehead atoms. The van der Waals surface area contributed by atoms with Crippen molar-refractivity contribution in [2.24, 2.45) is 10.2 Å². The summed E-state index contributed by atoms with van der Waals surface area (Å²) in [6.45, 7) is 3.07. The number of fused-ring (bicyclic) bond motifs is 3.